The van der Waals surface area contributed by atoms with Gasteiger partial charge < -0.3 is 9.80 Å². The van der Waals surface area contributed by atoms with Crippen molar-refractivity contribution in [3.8, 4) is 0 Å². The first-order valence-electron chi connectivity index (χ1n) is 9.12. The summed E-state index contributed by atoms with van der Waals surface area (Å²) in [5, 5.41) is 0.596. The smallest absolute Gasteiger partial charge is 0.248 e. The molecule has 0 bridgehead atoms. The Morgan fingerprint density at radius 2 is 1.92 bits per heavy atom. The van der Waals surface area contributed by atoms with Gasteiger partial charge in [0.25, 0.3) is 0 Å². The molecular formula is C19H24ClN3O3. The van der Waals surface area contributed by atoms with Crippen LogP contribution in [0, 0.1) is 0 Å². The molecule has 0 atom stereocenters. The highest BCUT2D eigenvalue weighted by atomic mass is 35.5. The maximum atomic E-state index is 12.7. The first-order valence-corrected chi connectivity index (χ1v) is 9.50. The zero-order chi connectivity index (χ0) is 18.7. The molecule has 7 heteroatoms. The Hall–Kier alpha value is -2.08. The number of unbranched alkanes of at least 4 members (excludes halogenated alkanes) is 1. The number of hydrogen-bond donors (Lipinski definition) is 0. The van der Waals surface area contributed by atoms with Crippen LogP contribution in [0.5, 0.6) is 0 Å². The lowest BCUT2D eigenvalue weighted by Crippen LogP contribution is -2.43. The molecule has 0 radical (unpaired) electrons. The van der Waals surface area contributed by atoms with Gasteiger partial charge in [-0.1, -0.05) is 24.9 Å². The van der Waals surface area contributed by atoms with E-state index in [-0.39, 0.29) is 43.5 Å². The van der Waals surface area contributed by atoms with E-state index in [4.69, 9.17) is 11.6 Å². The van der Waals surface area contributed by atoms with E-state index in [2.05, 4.69) is 0 Å². The highest BCUT2D eigenvalue weighted by molar-refractivity contribution is 6.30. The summed E-state index contributed by atoms with van der Waals surface area (Å²) in [6.07, 6.45) is 4.19. The van der Waals surface area contributed by atoms with Gasteiger partial charge in [0.15, 0.2) is 0 Å². The van der Waals surface area contributed by atoms with Crippen molar-refractivity contribution in [1.82, 2.24) is 9.80 Å². The van der Waals surface area contributed by atoms with Crippen LogP contribution >= 0.6 is 11.6 Å². The molecule has 0 N–H and O–H groups in total. The van der Waals surface area contributed by atoms with Crippen LogP contribution in [0.1, 0.15) is 39.0 Å². The van der Waals surface area contributed by atoms with E-state index in [0.717, 1.165) is 25.7 Å². The van der Waals surface area contributed by atoms with E-state index >= 15 is 0 Å². The second kappa shape index (κ2) is 8.08. The van der Waals surface area contributed by atoms with Gasteiger partial charge in [-0.25, -0.2) is 0 Å². The summed E-state index contributed by atoms with van der Waals surface area (Å²) in [5.74, 6) is -0.259. The maximum Gasteiger partial charge on any atom is 0.248 e. The van der Waals surface area contributed by atoms with Gasteiger partial charge in [0.05, 0.1) is 0 Å². The number of carbonyl (C=O) groups is 3. The molecule has 1 saturated heterocycles. The third-order valence-electron chi connectivity index (χ3n) is 4.79. The van der Waals surface area contributed by atoms with Gasteiger partial charge in [-0.05, 0) is 43.5 Å². The number of nitrogens with zero attached hydrogens (tertiary/aromatic N) is 3. The third-order valence-corrected chi connectivity index (χ3v) is 5.04. The second-order valence-electron chi connectivity index (χ2n) is 6.89. The van der Waals surface area contributed by atoms with Crippen LogP contribution < -0.4 is 4.90 Å². The summed E-state index contributed by atoms with van der Waals surface area (Å²) in [4.78, 5) is 42.1. The number of hydrogen-bond acceptors (Lipinski definition) is 3. The fourth-order valence-corrected chi connectivity index (χ4v) is 3.21. The quantitative estimate of drug-likeness (QED) is 0.734. The Bertz CT molecular complexity index is 688. The number of amides is 3. The molecule has 3 rings (SSSR count). The van der Waals surface area contributed by atoms with Gasteiger partial charge in [-0.15, -0.1) is 0 Å². The van der Waals surface area contributed by atoms with E-state index < -0.39 is 0 Å². The average Bonchev–Trinajstić information content (AvgIpc) is 3.39. The van der Waals surface area contributed by atoms with Crippen LogP contribution in [0.2, 0.25) is 5.02 Å². The van der Waals surface area contributed by atoms with Gasteiger partial charge in [-0.3, -0.25) is 19.3 Å². The Morgan fingerprint density at radius 3 is 2.54 bits per heavy atom. The van der Waals surface area contributed by atoms with Crippen molar-refractivity contribution >= 4 is 35.0 Å². The number of halogens is 1. The number of anilines is 1. The van der Waals surface area contributed by atoms with Crippen molar-refractivity contribution in [1.29, 1.82) is 0 Å². The lowest BCUT2D eigenvalue weighted by Gasteiger charge is -2.25. The van der Waals surface area contributed by atoms with Crippen LogP contribution in [0.15, 0.2) is 24.3 Å². The standard InChI is InChI=1S/C19H24ClN3O3/c1-2-3-4-17(24)22(15-9-10-15)12-18(25)21-11-19(26)23(13-21)16-7-5-14(20)6-8-16/h5-8,15H,2-4,9-13H2,1H3. The molecule has 0 spiro atoms. The summed E-state index contributed by atoms with van der Waals surface area (Å²) in [6.45, 7) is 2.36. The SMILES string of the molecule is CCCCC(=O)N(CC(=O)N1CC(=O)N(c2ccc(Cl)cc2)C1)C1CC1. The van der Waals surface area contributed by atoms with E-state index in [0.29, 0.717) is 17.1 Å². The maximum absolute atomic E-state index is 12.7. The first-order chi connectivity index (χ1) is 12.5. The molecule has 0 unspecified atom stereocenters. The molecule has 3 amide bonds. The van der Waals surface area contributed by atoms with Crippen LogP contribution in [-0.4, -0.2) is 53.3 Å². The lowest BCUT2D eigenvalue weighted by atomic mass is 10.2. The van der Waals surface area contributed by atoms with Crippen molar-refractivity contribution in [3.05, 3.63) is 29.3 Å². The Balaban J connectivity index is 1.61. The Morgan fingerprint density at radius 1 is 1.23 bits per heavy atom. The molecule has 2 fully saturated rings. The fourth-order valence-electron chi connectivity index (χ4n) is 3.09. The van der Waals surface area contributed by atoms with Crippen LogP contribution in [0.25, 0.3) is 0 Å². The minimum atomic E-state index is -0.174. The second-order valence-corrected chi connectivity index (χ2v) is 7.32. The van der Waals surface area contributed by atoms with E-state index in [1.54, 1.807) is 34.1 Å². The van der Waals surface area contributed by atoms with E-state index in [1.807, 2.05) is 6.92 Å². The minimum Gasteiger partial charge on any atom is -0.330 e. The molecule has 0 aromatic heterocycles. The van der Waals surface area contributed by atoms with E-state index in [1.165, 1.54) is 4.90 Å². The van der Waals surface area contributed by atoms with Gasteiger partial charge in [0.1, 0.15) is 19.8 Å². The molecule has 1 aromatic rings. The zero-order valence-corrected chi connectivity index (χ0v) is 15.7. The lowest BCUT2D eigenvalue weighted by molar-refractivity contribution is -0.140. The summed E-state index contributed by atoms with van der Waals surface area (Å²) >= 11 is 5.89. The van der Waals surface area contributed by atoms with Crippen LogP contribution in [0.4, 0.5) is 5.69 Å². The first kappa shape index (κ1) is 18.7. The summed E-state index contributed by atoms with van der Waals surface area (Å²) in [6, 6.07) is 7.15. The fraction of sp³-hybridized carbons (Fsp3) is 0.526. The normalized spacial score (nSPS) is 16.9. The topological polar surface area (TPSA) is 60.9 Å². The molecular weight excluding hydrogens is 354 g/mol. The molecule has 140 valence electrons. The summed E-state index contributed by atoms with van der Waals surface area (Å²) in [7, 11) is 0. The van der Waals surface area contributed by atoms with Gasteiger partial charge in [0.2, 0.25) is 17.7 Å². The highest BCUT2D eigenvalue weighted by Crippen LogP contribution is 2.28. The number of carbonyl (C=O) groups excluding carboxylic acids is 3. The summed E-state index contributed by atoms with van der Waals surface area (Å²) in [5.41, 5.74) is 0.716. The van der Waals surface area contributed by atoms with Crippen molar-refractivity contribution in [2.45, 2.75) is 45.1 Å². The number of benzene rings is 1. The molecule has 1 aliphatic heterocycles. The average molecular weight is 378 g/mol. The Kier molecular flexibility index (Phi) is 5.81. The van der Waals surface area contributed by atoms with E-state index in [9.17, 15) is 14.4 Å². The monoisotopic (exact) mass is 377 g/mol. The predicted octanol–water partition coefficient (Wildman–Crippen LogP) is 2.65. The molecule has 6 nitrogen and oxygen atoms in total. The zero-order valence-electron chi connectivity index (χ0n) is 15.0. The minimum absolute atomic E-state index is 0.0442. The van der Waals surface area contributed by atoms with Crippen LogP contribution in [0.3, 0.4) is 0 Å². The summed E-state index contributed by atoms with van der Waals surface area (Å²) < 4.78 is 0. The van der Waals surface area contributed by atoms with Crippen molar-refractivity contribution < 1.29 is 14.4 Å². The van der Waals surface area contributed by atoms with Crippen molar-refractivity contribution in [2.75, 3.05) is 24.7 Å². The van der Waals surface area contributed by atoms with Gasteiger partial charge in [0, 0.05) is 23.2 Å². The van der Waals surface area contributed by atoms with Crippen LogP contribution in [-0.2, 0) is 14.4 Å². The van der Waals surface area contributed by atoms with Crippen molar-refractivity contribution in [3.63, 3.8) is 0 Å². The predicted molar refractivity (Wildman–Crippen MR) is 99.8 cm³/mol. The van der Waals surface area contributed by atoms with Gasteiger partial charge in [-0.2, -0.15) is 0 Å². The van der Waals surface area contributed by atoms with Crippen molar-refractivity contribution in [2.24, 2.45) is 0 Å². The Labute approximate surface area is 158 Å². The van der Waals surface area contributed by atoms with Gasteiger partial charge >= 0.3 is 0 Å². The third kappa shape index (κ3) is 4.36. The molecule has 1 aliphatic carbocycles. The molecule has 1 heterocycles. The molecule has 2 aliphatic rings. The molecule has 1 saturated carbocycles. The molecule has 1 aromatic carbocycles. The number of rotatable bonds is 7. The highest BCUT2D eigenvalue weighted by Gasteiger charge is 2.37. The molecule has 26 heavy (non-hydrogen) atoms. The largest absolute Gasteiger partial charge is 0.330 e.